The molecule has 2 N–H and O–H groups in total. The molecule has 2 aromatic rings. The van der Waals surface area contributed by atoms with Crippen molar-refractivity contribution in [2.75, 3.05) is 12.8 Å². The van der Waals surface area contributed by atoms with Crippen LogP contribution in [0.15, 0.2) is 29.6 Å². The van der Waals surface area contributed by atoms with Gasteiger partial charge in [0.15, 0.2) is 5.69 Å². The summed E-state index contributed by atoms with van der Waals surface area (Å²) in [6.45, 7) is 3.83. The number of nitrogens with one attached hydrogen (secondary N) is 2. The van der Waals surface area contributed by atoms with Gasteiger partial charge in [-0.3, -0.25) is 14.0 Å². The number of carbonyl (C=O) groups is 2. The number of nitrogens with zero attached hydrogens (tertiary/aromatic N) is 2. The first-order valence-corrected chi connectivity index (χ1v) is 9.34. The average Bonchev–Trinajstić information content (AvgIpc) is 2.86. The molecular formula is C15H20N4O4S. The van der Waals surface area contributed by atoms with Crippen molar-refractivity contribution < 1.29 is 18.0 Å². The molecule has 8 nitrogen and oxygen atoms in total. The number of hydrogen-bond acceptors (Lipinski definition) is 5. The van der Waals surface area contributed by atoms with E-state index in [1.807, 2.05) is 13.8 Å². The zero-order chi connectivity index (χ0) is 17.9. The number of imidazole rings is 1. The van der Waals surface area contributed by atoms with Crippen LogP contribution in [0.4, 0.5) is 0 Å². The van der Waals surface area contributed by atoms with Crippen LogP contribution in [0.2, 0.25) is 0 Å². The lowest BCUT2D eigenvalue weighted by molar-refractivity contribution is -0.121. The Bertz CT molecular complexity index is 871. The van der Waals surface area contributed by atoms with E-state index in [2.05, 4.69) is 15.6 Å². The Balaban J connectivity index is 2.17. The van der Waals surface area contributed by atoms with Crippen LogP contribution < -0.4 is 10.6 Å². The summed E-state index contributed by atoms with van der Waals surface area (Å²) in [5.74, 6) is -0.692. The van der Waals surface area contributed by atoms with E-state index in [4.69, 9.17) is 0 Å². The predicted molar refractivity (Wildman–Crippen MR) is 88.5 cm³/mol. The summed E-state index contributed by atoms with van der Waals surface area (Å²) in [7, 11) is -3.58. The summed E-state index contributed by atoms with van der Waals surface area (Å²) in [6, 6.07) is 4.99. The van der Waals surface area contributed by atoms with Gasteiger partial charge >= 0.3 is 0 Å². The van der Waals surface area contributed by atoms with Gasteiger partial charge in [0.1, 0.15) is 0 Å². The molecule has 2 amide bonds. The van der Waals surface area contributed by atoms with Crippen LogP contribution in [0.5, 0.6) is 0 Å². The minimum absolute atomic E-state index is 0.0142. The van der Waals surface area contributed by atoms with Gasteiger partial charge in [-0.15, -0.1) is 0 Å². The first-order valence-electron chi connectivity index (χ1n) is 7.45. The molecule has 24 heavy (non-hydrogen) atoms. The van der Waals surface area contributed by atoms with Gasteiger partial charge in [0.2, 0.25) is 20.9 Å². The molecule has 9 heteroatoms. The van der Waals surface area contributed by atoms with Gasteiger partial charge in [-0.05, 0) is 26.0 Å². The summed E-state index contributed by atoms with van der Waals surface area (Å²) >= 11 is 0. The third kappa shape index (κ3) is 4.10. The molecule has 2 heterocycles. The van der Waals surface area contributed by atoms with E-state index in [-0.39, 0.29) is 35.8 Å². The Morgan fingerprint density at radius 3 is 2.62 bits per heavy atom. The molecule has 0 unspecified atom stereocenters. The molecule has 0 saturated heterocycles. The lowest BCUT2D eigenvalue weighted by Gasteiger charge is -2.08. The highest BCUT2D eigenvalue weighted by atomic mass is 32.2. The van der Waals surface area contributed by atoms with Crippen LogP contribution in [0.3, 0.4) is 0 Å². The number of rotatable bonds is 6. The quantitative estimate of drug-likeness (QED) is 0.781. The first-order chi connectivity index (χ1) is 11.2. The fourth-order valence-corrected chi connectivity index (χ4v) is 2.98. The number of aromatic nitrogens is 2. The molecule has 0 fully saturated rings. The van der Waals surface area contributed by atoms with E-state index in [1.54, 1.807) is 18.2 Å². The highest BCUT2D eigenvalue weighted by molar-refractivity contribution is 7.90. The maximum Gasteiger partial charge on any atom is 0.272 e. The monoisotopic (exact) mass is 352 g/mol. The van der Waals surface area contributed by atoms with Crippen LogP contribution in [0.1, 0.15) is 30.8 Å². The molecule has 0 radical (unpaired) electrons. The summed E-state index contributed by atoms with van der Waals surface area (Å²) in [5.41, 5.74) is 0.405. The SMILES string of the molecule is CC(C)NC(=O)CCNC(=O)c1nc(S(C)(=O)=O)n2ccccc12. The summed E-state index contributed by atoms with van der Waals surface area (Å²) in [5, 5.41) is 5.12. The van der Waals surface area contributed by atoms with Crippen molar-refractivity contribution in [1.29, 1.82) is 0 Å². The minimum atomic E-state index is -3.58. The lowest BCUT2D eigenvalue weighted by Crippen LogP contribution is -2.34. The number of sulfone groups is 1. The van der Waals surface area contributed by atoms with Gasteiger partial charge in [0, 0.05) is 31.5 Å². The maximum atomic E-state index is 12.3. The van der Waals surface area contributed by atoms with Crippen molar-refractivity contribution in [2.45, 2.75) is 31.5 Å². The zero-order valence-electron chi connectivity index (χ0n) is 13.7. The second-order valence-electron chi connectivity index (χ2n) is 5.70. The van der Waals surface area contributed by atoms with Crippen molar-refractivity contribution in [3.8, 4) is 0 Å². The zero-order valence-corrected chi connectivity index (χ0v) is 14.6. The third-order valence-electron chi connectivity index (χ3n) is 3.15. The average molecular weight is 352 g/mol. The largest absolute Gasteiger partial charge is 0.354 e. The van der Waals surface area contributed by atoms with Crippen molar-refractivity contribution >= 4 is 27.2 Å². The Kier molecular flexibility index (Phi) is 5.23. The molecule has 2 aromatic heterocycles. The normalized spacial score (nSPS) is 11.7. The van der Waals surface area contributed by atoms with E-state index in [1.165, 1.54) is 10.6 Å². The van der Waals surface area contributed by atoms with Gasteiger partial charge in [-0.1, -0.05) is 6.07 Å². The van der Waals surface area contributed by atoms with Crippen LogP contribution in [-0.2, 0) is 14.6 Å². The van der Waals surface area contributed by atoms with E-state index in [0.717, 1.165) is 6.26 Å². The van der Waals surface area contributed by atoms with Crippen molar-refractivity contribution in [3.63, 3.8) is 0 Å². The van der Waals surface area contributed by atoms with Crippen LogP contribution >= 0.6 is 0 Å². The molecule has 2 rings (SSSR count). The van der Waals surface area contributed by atoms with Crippen molar-refractivity contribution in [1.82, 2.24) is 20.0 Å². The first kappa shape index (κ1) is 17.9. The molecule has 130 valence electrons. The molecule has 0 aromatic carbocycles. The van der Waals surface area contributed by atoms with Crippen molar-refractivity contribution in [3.05, 3.63) is 30.1 Å². The summed E-state index contributed by atoms with van der Waals surface area (Å²) in [6.07, 6.45) is 2.70. The van der Waals surface area contributed by atoms with E-state index in [0.29, 0.717) is 5.52 Å². The van der Waals surface area contributed by atoms with E-state index >= 15 is 0 Å². The second kappa shape index (κ2) is 7.00. The molecule has 0 saturated carbocycles. The van der Waals surface area contributed by atoms with E-state index < -0.39 is 15.7 Å². The van der Waals surface area contributed by atoms with Gasteiger partial charge in [0.05, 0.1) is 5.52 Å². The smallest absolute Gasteiger partial charge is 0.272 e. The molecule has 0 spiro atoms. The summed E-state index contributed by atoms with van der Waals surface area (Å²) < 4.78 is 25.0. The van der Waals surface area contributed by atoms with Gasteiger partial charge in [-0.2, -0.15) is 0 Å². The fraction of sp³-hybridized carbons (Fsp3) is 0.400. The second-order valence-corrected chi connectivity index (χ2v) is 7.61. The molecule has 0 aliphatic heterocycles. The van der Waals surface area contributed by atoms with Gasteiger partial charge in [0.25, 0.3) is 5.91 Å². The number of hydrogen-bond donors (Lipinski definition) is 2. The number of carbonyl (C=O) groups excluding carboxylic acids is 2. The van der Waals surface area contributed by atoms with Crippen LogP contribution in [-0.4, -0.2) is 48.5 Å². The molecule has 0 aliphatic rings. The number of pyridine rings is 1. The maximum absolute atomic E-state index is 12.3. The Morgan fingerprint density at radius 1 is 1.29 bits per heavy atom. The lowest BCUT2D eigenvalue weighted by atomic mass is 10.3. The van der Waals surface area contributed by atoms with Crippen LogP contribution in [0.25, 0.3) is 5.52 Å². The third-order valence-corrected chi connectivity index (χ3v) is 4.10. The van der Waals surface area contributed by atoms with Crippen LogP contribution in [0, 0.1) is 0 Å². The number of fused-ring (bicyclic) bond motifs is 1. The minimum Gasteiger partial charge on any atom is -0.354 e. The predicted octanol–water partition coefficient (Wildman–Crippen LogP) is 0.382. The summed E-state index contributed by atoms with van der Waals surface area (Å²) in [4.78, 5) is 27.8. The number of amides is 2. The standard InChI is InChI=1S/C15H20N4O4S/c1-10(2)17-12(20)7-8-16-14(21)13-11-6-4-5-9-19(11)15(18-13)24(3,22)23/h4-6,9-10H,7-8H2,1-3H3,(H,16,21)(H,17,20). The topological polar surface area (TPSA) is 110 Å². The Hall–Kier alpha value is -2.42. The fourth-order valence-electron chi connectivity index (χ4n) is 2.21. The molecule has 0 aliphatic carbocycles. The molecule has 0 bridgehead atoms. The van der Waals surface area contributed by atoms with Gasteiger partial charge < -0.3 is 10.6 Å². The van der Waals surface area contributed by atoms with E-state index in [9.17, 15) is 18.0 Å². The molecule has 0 atom stereocenters. The Morgan fingerprint density at radius 2 is 2.00 bits per heavy atom. The van der Waals surface area contributed by atoms with Crippen molar-refractivity contribution in [2.24, 2.45) is 0 Å². The highest BCUT2D eigenvalue weighted by Gasteiger charge is 2.22. The highest BCUT2D eigenvalue weighted by Crippen LogP contribution is 2.16. The Labute approximate surface area is 140 Å². The molecular weight excluding hydrogens is 332 g/mol. The van der Waals surface area contributed by atoms with Gasteiger partial charge in [-0.25, -0.2) is 13.4 Å².